The fourth-order valence-corrected chi connectivity index (χ4v) is 1.73. The van der Waals surface area contributed by atoms with Crippen LogP contribution >= 0.6 is 0 Å². The Kier molecular flexibility index (Phi) is 6.93. The number of azide groups is 1. The Morgan fingerprint density at radius 3 is 2.79 bits per heavy atom. The summed E-state index contributed by atoms with van der Waals surface area (Å²) in [4.78, 5) is 2.69. The highest BCUT2D eigenvalue weighted by Crippen LogP contribution is 2.24. The molecule has 100 valence electrons. The molecule has 0 heterocycles. The molecule has 0 bridgehead atoms. The Balaban J connectivity index is 2.49. The van der Waals surface area contributed by atoms with Crippen LogP contribution in [0.15, 0.2) is 23.3 Å². The van der Waals surface area contributed by atoms with Crippen LogP contribution in [-0.2, 0) is 0 Å². The van der Waals surface area contributed by atoms with Gasteiger partial charge in [-0.25, -0.2) is 0 Å². The SMILES string of the molecule is CCCCCCCOc1ccc(N=[N+]=[N-])cc1C#N. The van der Waals surface area contributed by atoms with Crippen molar-refractivity contribution in [3.05, 3.63) is 34.2 Å². The average Bonchev–Trinajstić information content (AvgIpc) is 2.44. The fraction of sp³-hybridized carbons (Fsp3) is 0.500. The minimum Gasteiger partial charge on any atom is -0.492 e. The number of nitrogens with zero attached hydrogens (tertiary/aromatic N) is 4. The maximum absolute atomic E-state index is 9.02. The summed E-state index contributed by atoms with van der Waals surface area (Å²) in [5.41, 5.74) is 9.17. The first-order valence-electron chi connectivity index (χ1n) is 6.54. The van der Waals surface area contributed by atoms with Crippen LogP contribution in [0.5, 0.6) is 5.75 Å². The summed E-state index contributed by atoms with van der Waals surface area (Å²) >= 11 is 0. The highest BCUT2D eigenvalue weighted by atomic mass is 16.5. The van der Waals surface area contributed by atoms with E-state index in [0.29, 0.717) is 23.6 Å². The second-order valence-corrected chi connectivity index (χ2v) is 4.24. The van der Waals surface area contributed by atoms with Crippen LogP contribution in [0.4, 0.5) is 5.69 Å². The van der Waals surface area contributed by atoms with Crippen LogP contribution in [0.25, 0.3) is 10.4 Å². The summed E-state index contributed by atoms with van der Waals surface area (Å²) in [6.07, 6.45) is 5.83. The van der Waals surface area contributed by atoms with Crippen molar-refractivity contribution in [2.45, 2.75) is 39.0 Å². The molecule has 5 heteroatoms. The average molecular weight is 258 g/mol. The molecule has 0 aliphatic carbocycles. The molecule has 0 aromatic heterocycles. The van der Waals surface area contributed by atoms with Gasteiger partial charge in [0.05, 0.1) is 12.2 Å². The maximum Gasteiger partial charge on any atom is 0.137 e. The third-order valence-corrected chi connectivity index (χ3v) is 2.75. The van der Waals surface area contributed by atoms with Gasteiger partial charge in [-0.1, -0.05) is 37.7 Å². The number of benzene rings is 1. The zero-order valence-electron chi connectivity index (χ0n) is 11.2. The highest BCUT2D eigenvalue weighted by molar-refractivity contribution is 5.52. The molecule has 0 saturated carbocycles. The summed E-state index contributed by atoms with van der Waals surface area (Å²) in [7, 11) is 0. The van der Waals surface area contributed by atoms with Crippen molar-refractivity contribution in [1.82, 2.24) is 0 Å². The van der Waals surface area contributed by atoms with Gasteiger partial charge < -0.3 is 4.74 Å². The topological polar surface area (TPSA) is 81.8 Å². The van der Waals surface area contributed by atoms with E-state index in [2.05, 4.69) is 16.9 Å². The normalized spacial score (nSPS) is 9.47. The standard InChI is InChI=1S/C14H18N4O/c1-2-3-4-5-6-9-19-14-8-7-13(17-18-16)10-12(14)11-15/h7-8,10H,2-6,9H2,1H3. The lowest BCUT2D eigenvalue weighted by molar-refractivity contribution is 0.304. The molecule has 0 unspecified atom stereocenters. The second-order valence-electron chi connectivity index (χ2n) is 4.24. The van der Waals surface area contributed by atoms with E-state index in [9.17, 15) is 0 Å². The first-order chi connectivity index (χ1) is 9.31. The van der Waals surface area contributed by atoms with Crippen LogP contribution in [0.3, 0.4) is 0 Å². The van der Waals surface area contributed by atoms with Gasteiger partial charge in [0, 0.05) is 10.6 Å². The van der Waals surface area contributed by atoms with E-state index >= 15 is 0 Å². The van der Waals surface area contributed by atoms with Gasteiger partial charge in [-0.2, -0.15) is 5.26 Å². The quantitative estimate of drug-likeness (QED) is 0.289. The maximum atomic E-state index is 9.02. The molecule has 0 radical (unpaired) electrons. The summed E-state index contributed by atoms with van der Waals surface area (Å²) in [5, 5.41) is 12.5. The van der Waals surface area contributed by atoms with Crippen molar-refractivity contribution in [1.29, 1.82) is 5.26 Å². The lowest BCUT2D eigenvalue weighted by Gasteiger charge is -2.08. The first kappa shape index (κ1) is 14.9. The number of hydrogen-bond acceptors (Lipinski definition) is 3. The number of nitriles is 1. The zero-order valence-corrected chi connectivity index (χ0v) is 11.2. The van der Waals surface area contributed by atoms with Crippen molar-refractivity contribution in [2.24, 2.45) is 5.11 Å². The van der Waals surface area contributed by atoms with Crippen LogP contribution in [0.1, 0.15) is 44.6 Å². The molecule has 0 N–H and O–H groups in total. The highest BCUT2D eigenvalue weighted by Gasteiger charge is 2.04. The molecule has 0 spiro atoms. The molecular weight excluding hydrogens is 240 g/mol. The van der Waals surface area contributed by atoms with E-state index in [-0.39, 0.29) is 0 Å². The Morgan fingerprint density at radius 2 is 2.11 bits per heavy atom. The molecule has 0 aliphatic heterocycles. The van der Waals surface area contributed by atoms with E-state index in [4.69, 9.17) is 15.5 Å². The van der Waals surface area contributed by atoms with Gasteiger partial charge in [0.1, 0.15) is 11.8 Å². The first-order valence-corrected chi connectivity index (χ1v) is 6.54. The predicted octanol–water partition coefficient (Wildman–Crippen LogP) is 4.85. The Labute approximate surface area is 113 Å². The van der Waals surface area contributed by atoms with Crippen LogP contribution in [-0.4, -0.2) is 6.61 Å². The van der Waals surface area contributed by atoms with E-state index < -0.39 is 0 Å². The van der Waals surface area contributed by atoms with Crippen molar-refractivity contribution >= 4 is 5.69 Å². The van der Waals surface area contributed by atoms with Gasteiger partial charge in [0.15, 0.2) is 0 Å². The van der Waals surface area contributed by atoms with E-state index in [1.165, 1.54) is 25.3 Å². The molecule has 0 saturated heterocycles. The van der Waals surface area contributed by atoms with E-state index in [1.807, 2.05) is 6.07 Å². The molecule has 5 nitrogen and oxygen atoms in total. The Bertz CT molecular complexity index is 487. The summed E-state index contributed by atoms with van der Waals surface area (Å²) in [6, 6.07) is 6.90. The minimum absolute atomic E-state index is 0.401. The van der Waals surface area contributed by atoms with Crippen molar-refractivity contribution in [3.63, 3.8) is 0 Å². The minimum atomic E-state index is 0.401. The second kappa shape index (κ2) is 8.84. The number of ether oxygens (including phenoxy) is 1. The summed E-state index contributed by atoms with van der Waals surface area (Å²) < 4.78 is 5.58. The molecule has 1 rings (SSSR count). The fourth-order valence-electron chi connectivity index (χ4n) is 1.73. The molecule has 0 fully saturated rings. The number of unbranched alkanes of at least 4 members (excludes halogenated alkanes) is 4. The van der Waals surface area contributed by atoms with Crippen molar-refractivity contribution < 1.29 is 4.74 Å². The number of hydrogen-bond donors (Lipinski definition) is 0. The molecule has 0 aliphatic rings. The van der Waals surface area contributed by atoms with Gasteiger partial charge in [-0.05, 0) is 30.2 Å². The lowest BCUT2D eigenvalue weighted by Crippen LogP contribution is -1.99. The summed E-state index contributed by atoms with van der Waals surface area (Å²) in [6.45, 7) is 2.79. The Hall–Kier alpha value is -2.18. The van der Waals surface area contributed by atoms with Crippen LogP contribution in [0.2, 0.25) is 0 Å². The van der Waals surface area contributed by atoms with E-state index in [0.717, 1.165) is 12.8 Å². The van der Waals surface area contributed by atoms with Crippen LogP contribution in [0, 0.1) is 11.3 Å². The lowest BCUT2D eigenvalue weighted by atomic mass is 10.1. The predicted molar refractivity (Wildman–Crippen MR) is 74.2 cm³/mol. The Morgan fingerprint density at radius 1 is 1.32 bits per heavy atom. The molecule has 1 aromatic carbocycles. The zero-order chi connectivity index (χ0) is 13.9. The van der Waals surface area contributed by atoms with Gasteiger partial charge in [0.25, 0.3) is 0 Å². The molecule has 1 aromatic rings. The molecule has 0 amide bonds. The summed E-state index contributed by atoms with van der Waals surface area (Å²) in [5.74, 6) is 0.551. The van der Waals surface area contributed by atoms with E-state index in [1.54, 1.807) is 12.1 Å². The number of rotatable bonds is 8. The van der Waals surface area contributed by atoms with Crippen LogP contribution < -0.4 is 4.74 Å². The van der Waals surface area contributed by atoms with Crippen molar-refractivity contribution in [2.75, 3.05) is 6.61 Å². The van der Waals surface area contributed by atoms with Gasteiger partial charge in [0.2, 0.25) is 0 Å². The smallest absolute Gasteiger partial charge is 0.137 e. The van der Waals surface area contributed by atoms with Crippen molar-refractivity contribution in [3.8, 4) is 11.8 Å². The largest absolute Gasteiger partial charge is 0.492 e. The molecule has 0 atom stereocenters. The third kappa shape index (κ3) is 5.33. The molecule has 19 heavy (non-hydrogen) atoms. The van der Waals surface area contributed by atoms with Gasteiger partial charge in [-0.15, -0.1) is 0 Å². The van der Waals surface area contributed by atoms with Gasteiger partial charge >= 0.3 is 0 Å². The van der Waals surface area contributed by atoms with Gasteiger partial charge in [-0.3, -0.25) is 0 Å². The molecular formula is C14H18N4O. The monoisotopic (exact) mass is 258 g/mol. The third-order valence-electron chi connectivity index (χ3n) is 2.75.